The summed E-state index contributed by atoms with van der Waals surface area (Å²) in [7, 11) is 0. The van der Waals surface area contributed by atoms with Crippen LogP contribution in [0, 0.1) is 0 Å². The maximum Gasteiger partial charge on any atom is 0.408 e. The molecule has 5 amide bonds. The van der Waals surface area contributed by atoms with Gasteiger partial charge in [-0.3, -0.25) is 9.59 Å². The fraction of sp³-hybridized carbons (Fsp3) is 0.815. The van der Waals surface area contributed by atoms with Gasteiger partial charge in [0.05, 0.1) is 6.04 Å². The molecule has 238 valence electrons. The van der Waals surface area contributed by atoms with E-state index in [0.717, 1.165) is 0 Å². The second-order valence-corrected chi connectivity index (χ2v) is 12.5. The first-order valence-electron chi connectivity index (χ1n) is 13.9. The van der Waals surface area contributed by atoms with Gasteiger partial charge in [-0.1, -0.05) is 0 Å². The van der Waals surface area contributed by atoms with Crippen LogP contribution in [-0.4, -0.2) is 85.2 Å². The van der Waals surface area contributed by atoms with E-state index in [-0.39, 0.29) is 32.0 Å². The summed E-state index contributed by atoms with van der Waals surface area (Å²) in [5.41, 5.74) is 3.95. The predicted octanol–water partition coefficient (Wildman–Crippen LogP) is 2.05. The standard InChI is InChI=1S/C27H52N6O8/c1-25(2,3)39-22(36)31-15-10-12-18(28)20(34)29-14-11-13-19(33-24(38)41-27(7,8)9)21(35)30-16-17-32-23(37)40-26(4,5)6/h18-19H,10-17,28H2,1-9H3,(H,29,34)(H,30,35)(H,31,36)(H,32,37)(H,33,38)/t18-,19-/m0/s1. The van der Waals surface area contributed by atoms with E-state index in [4.69, 9.17) is 19.9 Å². The summed E-state index contributed by atoms with van der Waals surface area (Å²) in [6.07, 6.45) is -0.488. The number of alkyl carbamates (subject to hydrolysis) is 3. The van der Waals surface area contributed by atoms with Crippen molar-refractivity contribution in [1.82, 2.24) is 26.6 Å². The molecule has 7 N–H and O–H groups in total. The lowest BCUT2D eigenvalue weighted by Crippen LogP contribution is -2.50. The zero-order chi connectivity index (χ0) is 31.9. The van der Waals surface area contributed by atoms with Crippen LogP contribution in [0.2, 0.25) is 0 Å². The highest BCUT2D eigenvalue weighted by molar-refractivity contribution is 5.85. The molecule has 0 aliphatic rings. The molecule has 2 atom stereocenters. The molecule has 0 saturated carbocycles. The number of nitrogens with one attached hydrogen (secondary N) is 5. The number of hydrogen-bond acceptors (Lipinski definition) is 9. The molecule has 0 aliphatic carbocycles. The summed E-state index contributed by atoms with van der Waals surface area (Å²) >= 11 is 0. The number of ether oxygens (including phenoxy) is 3. The summed E-state index contributed by atoms with van der Waals surface area (Å²) in [5, 5.41) is 13.1. The van der Waals surface area contributed by atoms with Gasteiger partial charge in [-0.2, -0.15) is 0 Å². The Morgan fingerprint density at radius 3 is 1.46 bits per heavy atom. The molecule has 0 spiro atoms. The van der Waals surface area contributed by atoms with E-state index in [9.17, 15) is 24.0 Å². The highest BCUT2D eigenvalue weighted by Crippen LogP contribution is 2.09. The molecule has 0 aromatic heterocycles. The quantitative estimate of drug-likeness (QED) is 0.130. The Kier molecular flexibility index (Phi) is 16.1. The predicted molar refractivity (Wildman–Crippen MR) is 154 cm³/mol. The number of hydrogen-bond donors (Lipinski definition) is 6. The molecule has 0 radical (unpaired) electrons. The van der Waals surface area contributed by atoms with Crippen molar-refractivity contribution in [3.8, 4) is 0 Å². The second-order valence-electron chi connectivity index (χ2n) is 12.5. The summed E-state index contributed by atoms with van der Waals surface area (Å²) in [6, 6.07) is -1.71. The van der Waals surface area contributed by atoms with Crippen LogP contribution in [-0.2, 0) is 23.8 Å². The third kappa shape index (κ3) is 22.1. The Labute approximate surface area is 243 Å². The summed E-state index contributed by atoms with van der Waals surface area (Å²) in [5.74, 6) is -0.834. The van der Waals surface area contributed by atoms with Crippen molar-refractivity contribution in [2.75, 3.05) is 26.2 Å². The van der Waals surface area contributed by atoms with Gasteiger partial charge in [0.1, 0.15) is 22.8 Å². The third-order valence-electron chi connectivity index (χ3n) is 4.77. The molecular weight excluding hydrogens is 536 g/mol. The molecule has 0 bridgehead atoms. The van der Waals surface area contributed by atoms with E-state index in [2.05, 4.69) is 26.6 Å². The maximum atomic E-state index is 12.8. The van der Waals surface area contributed by atoms with Gasteiger partial charge in [-0.15, -0.1) is 0 Å². The van der Waals surface area contributed by atoms with Crippen molar-refractivity contribution in [1.29, 1.82) is 0 Å². The number of carbonyl (C=O) groups excluding carboxylic acids is 5. The average molecular weight is 589 g/mol. The fourth-order valence-corrected chi connectivity index (χ4v) is 3.11. The van der Waals surface area contributed by atoms with Gasteiger partial charge in [0.2, 0.25) is 11.8 Å². The van der Waals surface area contributed by atoms with Crippen LogP contribution in [0.3, 0.4) is 0 Å². The van der Waals surface area contributed by atoms with Crippen LogP contribution >= 0.6 is 0 Å². The van der Waals surface area contributed by atoms with Gasteiger partial charge in [-0.25, -0.2) is 14.4 Å². The topological polar surface area (TPSA) is 199 Å². The zero-order valence-electron chi connectivity index (χ0n) is 26.2. The van der Waals surface area contributed by atoms with Crippen molar-refractivity contribution in [3.05, 3.63) is 0 Å². The second kappa shape index (κ2) is 17.5. The lowest BCUT2D eigenvalue weighted by molar-refractivity contribution is -0.123. The zero-order valence-corrected chi connectivity index (χ0v) is 26.2. The van der Waals surface area contributed by atoms with Gasteiger partial charge in [0, 0.05) is 26.2 Å². The molecule has 0 heterocycles. The van der Waals surface area contributed by atoms with E-state index in [1.807, 2.05) is 0 Å². The molecule has 0 aromatic carbocycles. The number of rotatable bonds is 14. The molecule has 14 heteroatoms. The Hall–Kier alpha value is -3.29. The van der Waals surface area contributed by atoms with Gasteiger partial charge in [0.15, 0.2) is 0 Å². The number of nitrogens with two attached hydrogens (primary N) is 1. The van der Waals surface area contributed by atoms with Gasteiger partial charge < -0.3 is 46.5 Å². The van der Waals surface area contributed by atoms with Crippen molar-refractivity contribution < 1.29 is 38.2 Å². The van der Waals surface area contributed by atoms with Crippen molar-refractivity contribution in [2.24, 2.45) is 5.73 Å². The van der Waals surface area contributed by atoms with Crippen LogP contribution in [0.25, 0.3) is 0 Å². The molecule has 0 rings (SSSR count). The van der Waals surface area contributed by atoms with E-state index < -0.39 is 53.1 Å². The normalized spacial score (nSPS) is 13.2. The minimum absolute atomic E-state index is 0.110. The SMILES string of the molecule is CC(C)(C)OC(=O)NCCC[C@H](N)C(=O)NCCC[C@H](NC(=O)OC(C)(C)C)C(=O)NCCNC(=O)OC(C)(C)C. The summed E-state index contributed by atoms with van der Waals surface area (Å²) < 4.78 is 15.6. The Balaban J connectivity index is 4.63. The molecule has 0 saturated heterocycles. The van der Waals surface area contributed by atoms with Gasteiger partial charge in [-0.05, 0) is 88.0 Å². The van der Waals surface area contributed by atoms with Crippen LogP contribution in [0.5, 0.6) is 0 Å². The molecule has 0 aromatic rings. The highest BCUT2D eigenvalue weighted by Gasteiger charge is 2.24. The monoisotopic (exact) mass is 588 g/mol. The van der Waals surface area contributed by atoms with Crippen molar-refractivity contribution in [2.45, 2.75) is 117 Å². The molecule has 41 heavy (non-hydrogen) atoms. The minimum atomic E-state index is -0.934. The van der Waals surface area contributed by atoms with E-state index in [1.165, 1.54) is 0 Å². The molecular formula is C27H52N6O8. The summed E-state index contributed by atoms with van der Waals surface area (Å²) in [4.78, 5) is 60.8. The number of amides is 5. The smallest absolute Gasteiger partial charge is 0.408 e. The molecule has 0 aliphatic heterocycles. The molecule has 0 unspecified atom stereocenters. The van der Waals surface area contributed by atoms with Crippen LogP contribution in [0.1, 0.15) is 88.0 Å². The van der Waals surface area contributed by atoms with E-state index in [0.29, 0.717) is 25.8 Å². The van der Waals surface area contributed by atoms with Gasteiger partial charge in [0.25, 0.3) is 0 Å². The van der Waals surface area contributed by atoms with E-state index in [1.54, 1.807) is 62.3 Å². The lowest BCUT2D eigenvalue weighted by Gasteiger charge is -2.23. The first kappa shape index (κ1) is 37.7. The summed E-state index contributed by atoms with van der Waals surface area (Å²) in [6.45, 7) is 16.4. The first-order chi connectivity index (χ1) is 18.7. The lowest BCUT2D eigenvalue weighted by atomic mass is 10.1. The minimum Gasteiger partial charge on any atom is -0.444 e. The van der Waals surface area contributed by atoms with E-state index >= 15 is 0 Å². The highest BCUT2D eigenvalue weighted by atomic mass is 16.6. The molecule has 14 nitrogen and oxygen atoms in total. The third-order valence-corrected chi connectivity index (χ3v) is 4.77. The fourth-order valence-electron chi connectivity index (χ4n) is 3.11. The van der Waals surface area contributed by atoms with Crippen LogP contribution in [0.15, 0.2) is 0 Å². The Morgan fingerprint density at radius 2 is 0.951 bits per heavy atom. The molecule has 0 fully saturated rings. The first-order valence-corrected chi connectivity index (χ1v) is 13.9. The Bertz CT molecular complexity index is 861. The Morgan fingerprint density at radius 1 is 0.561 bits per heavy atom. The average Bonchev–Trinajstić information content (AvgIpc) is 2.77. The van der Waals surface area contributed by atoms with Crippen molar-refractivity contribution >= 4 is 30.1 Å². The largest absolute Gasteiger partial charge is 0.444 e. The van der Waals surface area contributed by atoms with Crippen molar-refractivity contribution in [3.63, 3.8) is 0 Å². The number of carbonyl (C=O) groups is 5. The maximum absolute atomic E-state index is 12.8. The van der Waals surface area contributed by atoms with Crippen LogP contribution < -0.4 is 32.3 Å². The van der Waals surface area contributed by atoms with Gasteiger partial charge >= 0.3 is 18.3 Å². The van der Waals surface area contributed by atoms with Crippen LogP contribution in [0.4, 0.5) is 14.4 Å².